The molecule has 0 aromatic heterocycles. The van der Waals surface area contributed by atoms with Crippen molar-refractivity contribution in [2.75, 3.05) is 7.11 Å². The number of para-hydroxylation sites is 1. The SMILES string of the molecule is COP(=O)(O)Oc1c(C)cccc1-c1ccccc1. The van der Waals surface area contributed by atoms with Crippen LogP contribution in [0.5, 0.6) is 5.75 Å². The molecule has 0 fully saturated rings. The van der Waals surface area contributed by atoms with E-state index < -0.39 is 7.82 Å². The molecule has 4 nitrogen and oxygen atoms in total. The summed E-state index contributed by atoms with van der Waals surface area (Å²) in [5.41, 5.74) is 2.44. The Balaban J connectivity index is 2.51. The molecule has 0 aliphatic carbocycles. The molecular formula is C14H15O4P. The molecule has 0 amide bonds. The van der Waals surface area contributed by atoms with Crippen molar-refractivity contribution in [1.82, 2.24) is 0 Å². The van der Waals surface area contributed by atoms with Gasteiger partial charge >= 0.3 is 7.82 Å². The second kappa shape index (κ2) is 5.57. The van der Waals surface area contributed by atoms with Gasteiger partial charge in [0.1, 0.15) is 5.75 Å². The fourth-order valence-corrected chi connectivity index (χ4v) is 2.32. The van der Waals surface area contributed by atoms with E-state index in [1.54, 1.807) is 0 Å². The van der Waals surface area contributed by atoms with Crippen LogP contribution in [0.1, 0.15) is 5.56 Å². The molecule has 19 heavy (non-hydrogen) atoms. The van der Waals surface area contributed by atoms with Crippen LogP contribution in [0.3, 0.4) is 0 Å². The highest BCUT2D eigenvalue weighted by molar-refractivity contribution is 7.47. The minimum absolute atomic E-state index is 0.362. The third-order valence-electron chi connectivity index (χ3n) is 2.73. The molecular weight excluding hydrogens is 263 g/mol. The van der Waals surface area contributed by atoms with Crippen molar-refractivity contribution in [1.29, 1.82) is 0 Å². The first-order valence-corrected chi connectivity index (χ1v) is 7.26. The summed E-state index contributed by atoms with van der Waals surface area (Å²) < 4.78 is 21.2. The normalized spacial score (nSPS) is 13.8. The monoisotopic (exact) mass is 278 g/mol. The number of hydrogen-bond donors (Lipinski definition) is 1. The van der Waals surface area contributed by atoms with Gasteiger partial charge in [-0.3, -0.25) is 9.42 Å². The largest absolute Gasteiger partial charge is 0.527 e. The lowest BCUT2D eigenvalue weighted by atomic mass is 10.0. The van der Waals surface area contributed by atoms with E-state index in [0.29, 0.717) is 5.75 Å². The van der Waals surface area contributed by atoms with Gasteiger partial charge in [-0.1, -0.05) is 48.5 Å². The standard InChI is InChI=1S/C14H15O4P/c1-11-7-6-10-13(12-8-4-3-5-9-12)14(11)18-19(15,16)17-2/h3-10H,1-2H3,(H,15,16). The van der Waals surface area contributed by atoms with Crippen LogP contribution in [-0.4, -0.2) is 12.0 Å². The van der Waals surface area contributed by atoms with Crippen LogP contribution >= 0.6 is 7.82 Å². The van der Waals surface area contributed by atoms with Crippen LogP contribution in [0.15, 0.2) is 48.5 Å². The highest BCUT2D eigenvalue weighted by atomic mass is 31.2. The molecule has 0 radical (unpaired) electrons. The molecule has 0 saturated carbocycles. The fraction of sp³-hybridized carbons (Fsp3) is 0.143. The van der Waals surface area contributed by atoms with Crippen molar-refractivity contribution in [3.05, 3.63) is 54.1 Å². The number of rotatable bonds is 4. The number of aryl methyl sites for hydroxylation is 1. The van der Waals surface area contributed by atoms with Gasteiger partial charge in [0.2, 0.25) is 0 Å². The van der Waals surface area contributed by atoms with Crippen molar-refractivity contribution in [2.45, 2.75) is 6.92 Å². The molecule has 1 atom stereocenters. The molecule has 1 unspecified atom stereocenters. The van der Waals surface area contributed by atoms with E-state index in [1.807, 2.05) is 55.5 Å². The van der Waals surface area contributed by atoms with Crippen LogP contribution in [0, 0.1) is 6.92 Å². The van der Waals surface area contributed by atoms with Crippen LogP contribution in [-0.2, 0) is 9.09 Å². The van der Waals surface area contributed by atoms with Crippen molar-refractivity contribution < 1.29 is 18.5 Å². The summed E-state index contributed by atoms with van der Waals surface area (Å²) in [4.78, 5) is 9.48. The van der Waals surface area contributed by atoms with Crippen LogP contribution in [0.2, 0.25) is 0 Å². The molecule has 2 aromatic rings. The summed E-state index contributed by atoms with van der Waals surface area (Å²) in [6.45, 7) is 1.82. The van der Waals surface area contributed by atoms with E-state index in [4.69, 9.17) is 4.52 Å². The van der Waals surface area contributed by atoms with E-state index in [-0.39, 0.29) is 0 Å². The summed E-state index contributed by atoms with van der Waals surface area (Å²) in [6.07, 6.45) is 0. The lowest BCUT2D eigenvalue weighted by molar-refractivity contribution is 0.242. The second-order valence-corrected chi connectivity index (χ2v) is 5.54. The summed E-state index contributed by atoms with van der Waals surface area (Å²) in [7, 11) is -2.93. The van der Waals surface area contributed by atoms with Gasteiger partial charge in [0.25, 0.3) is 0 Å². The quantitative estimate of drug-likeness (QED) is 0.864. The first kappa shape index (κ1) is 13.8. The molecule has 0 bridgehead atoms. The fourth-order valence-electron chi connectivity index (χ4n) is 1.77. The minimum atomic E-state index is -4.07. The smallest absolute Gasteiger partial charge is 0.403 e. The molecule has 0 aliphatic heterocycles. The maximum atomic E-state index is 11.6. The summed E-state index contributed by atoms with van der Waals surface area (Å²) >= 11 is 0. The average Bonchev–Trinajstić information content (AvgIpc) is 2.42. The van der Waals surface area contributed by atoms with Gasteiger partial charge in [0.05, 0.1) is 0 Å². The zero-order valence-electron chi connectivity index (χ0n) is 10.7. The molecule has 0 aliphatic rings. The summed E-state index contributed by atoms with van der Waals surface area (Å²) in [6, 6.07) is 15.1. The Morgan fingerprint density at radius 3 is 2.37 bits per heavy atom. The Kier molecular flexibility index (Phi) is 4.05. The van der Waals surface area contributed by atoms with E-state index in [2.05, 4.69) is 4.52 Å². The third kappa shape index (κ3) is 3.24. The molecule has 1 N–H and O–H groups in total. The number of phosphoric ester groups is 1. The van der Waals surface area contributed by atoms with Crippen LogP contribution in [0.4, 0.5) is 0 Å². The second-order valence-electron chi connectivity index (χ2n) is 4.06. The van der Waals surface area contributed by atoms with Crippen LogP contribution in [0.25, 0.3) is 11.1 Å². The lowest BCUT2D eigenvalue weighted by Gasteiger charge is -2.16. The Morgan fingerprint density at radius 1 is 1.05 bits per heavy atom. The number of hydrogen-bond acceptors (Lipinski definition) is 3. The Labute approximate surface area is 112 Å². The average molecular weight is 278 g/mol. The maximum absolute atomic E-state index is 11.6. The lowest BCUT2D eigenvalue weighted by Crippen LogP contribution is -1.97. The van der Waals surface area contributed by atoms with Crippen molar-refractivity contribution in [3.63, 3.8) is 0 Å². The highest BCUT2D eigenvalue weighted by Crippen LogP contribution is 2.47. The number of phosphoric acid groups is 1. The molecule has 100 valence electrons. The molecule has 0 saturated heterocycles. The first-order valence-electron chi connectivity index (χ1n) is 5.76. The van der Waals surface area contributed by atoms with Crippen molar-refractivity contribution in [2.24, 2.45) is 0 Å². The Morgan fingerprint density at radius 2 is 1.74 bits per heavy atom. The van der Waals surface area contributed by atoms with Crippen molar-refractivity contribution >= 4 is 7.82 Å². The topological polar surface area (TPSA) is 55.8 Å². The Bertz CT molecular complexity index is 610. The Hall–Kier alpha value is -1.61. The molecule has 0 heterocycles. The predicted molar refractivity (Wildman–Crippen MR) is 74.1 cm³/mol. The summed E-state index contributed by atoms with van der Waals surface area (Å²) in [5.74, 6) is 0.362. The van der Waals surface area contributed by atoms with Gasteiger partial charge in [0.15, 0.2) is 0 Å². The van der Waals surface area contributed by atoms with E-state index >= 15 is 0 Å². The molecule has 2 rings (SSSR count). The zero-order valence-corrected chi connectivity index (χ0v) is 11.6. The third-order valence-corrected chi connectivity index (χ3v) is 3.61. The van der Waals surface area contributed by atoms with Crippen LogP contribution < -0.4 is 4.52 Å². The van der Waals surface area contributed by atoms with Gasteiger partial charge in [-0.25, -0.2) is 4.57 Å². The summed E-state index contributed by atoms with van der Waals surface area (Å²) in [5, 5.41) is 0. The zero-order chi connectivity index (χ0) is 13.9. The first-order chi connectivity index (χ1) is 9.03. The molecule has 2 aromatic carbocycles. The van der Waals surface area contributed by atoms with Crippen molar-refractivity contribution in [3.8, 4) is 16.9 Å². The van der Waals surface area contributed by atoms with E-state index in [1.165, 1.54) is 0 Å². The minimum Gasteiger partial charge on any atom is -0.403 e. The van der Waals surface area contributed by atoms with Gasteiger partial charge in [0, 0.05) is 12.7 Å². The van der Waals surface area contributed by atoms with E-state index in [9.17, 15) is 9.46 Å². The number of benzene rings is 2. The van der Waals surface area contributed by atoms with E-state index in [0.717, 1.165) is 23.8 Å². The van der Waals surface area contributed by atoms with Gasteiger partial charge < -0.3 is 4.52 Å². The maximum Gasteiger partial charge on any atom is 0.527 e. The van der Waals surface area contributed by atoms with Gasteiger partial charge in [-0.15, -0.1) is 0 Å². The predicted octanol–water partition coefficient (Wildman–Crippen LogP) is 3.79. The highest BCUT2D eigenvalue weighted by Gasteiger charge is 2.23. The molecule has 5 heteroatoms. The van der Waals surface area contributed by atoms with Gasteiger partial charge in [-0.2, -0.15) is 0 Å². The molecule has 0 spiro atoms. The van der Waals surface area contributed by atoms with Gasteiger partial charge in [-0.05, 0) is 18.1 Å².